The largest absolute Gasteiger partial charge is 0.353 e. The minimum atomic E-state index is -1.22. The molecule has 0 spiro atoms. The number of halogens is 3. The highest BCUT2D eigenvalue weighted by Gasteiger charge is 2.14. The van der Waals surface area contributed by atoms with Gasteiger partial charge in [-0.05, 0) is 36.8 Å². The number of rotatable bonds is 2. The fourth-order valence-electron chi connectivity index (χ4n) is 1.61. The summed E-state index contributed by atoms with van der Waals surface area (Å²) in [6.07, 6.45) is 0. The maximum absolute atomic E-state index is 13.7. The molecule has 96 valence electrons. The fraction of sp³-hybridized carbons (Fsp3) is 0.0714. The second kappa shape index (κ2) is 5.02. The summed E-state index contributed by atoms with van der Waals surface area (Å²) >= 11 is 0. The highest BCUT2D eigenvalue weighted by molar-refractivity contribution is 5.64. The highest BCUT2D eigenvalue weighted by atomic mass is 19.2. The zero-order chi connectivity index (χ0) is 14.0. The molecule has 0 atom stereocenters. The molecule has 0 saturated carbocycles. The van der Waals surface area contributed by atoms with Crippen molar-refractivity contribution in [1.29, 1.82) is 5.26 Å². The van der Waals surface area contributed by atoms with Crippen LogP contribution in [-0.4, -0.2) is 0 Å². The first-order valence-electron chi connectivity index (χ1n) is 5.44. The van der Waals surface area contributed by atoms with Crippen molar-refractivity contribution in [2.75, 3.05) is 5.32 Å². The van der Waals surface area contributed by atoms with Gasteiger partial charge in [-0.2, -0.15) is 5.26 Å². The monoisotopic (exact) mass is 262 g/mol. The summed E-state index contributed by atoms with van der Waals surface area (Å²) in [5, 5.41) is 11.2. The Hall–Kier alpha value is -2.48. The normalized spacial score (nSPS) is 10.1. The molecule has 0 fully saturated rings. The van der Waals surface area contributed by atoms with Crippen molar-refractivity contribution in [2.24, 2.45) is 0 Å². The lowest BCUT2D eigenvalue weighted by atomic mass is 10.1. The van der Waals surface area contributed by atoms with E-state index in [1.54, 1.807) is 13.0 Å². The van der Waals surface area contributed by atoms with Gasteiger partial charge in [-0.25, -0.2) is 13.2 Å². The van der Waals surface area contributed by atoms with Crippen LogP contribution in [0.2, 0.25) is 0 Å². The predicted octanol–water partition coefficient (Wildman–Crippen LogP) is 4.03. The second-order valence-electron chi connectivity index (χ2n) is 3.98. The van der Waals surface area contributed by atoms with Crippen LogP contribution in [0.25, 0.3) is 0 Å². The molecule has 5 heteroatoms. The van der Waals surface area contributed by atoms with Gasteiger partial charge in [-0.15, -0.1) is 0 Å². The van der Waals surface area contributed by atoms with Crippen LogP contribution < -0.4 is 5.32 Å². The van der Waals surface area contributed by atoms with E-state index in [4.69, 9.17) is 5.26 Å². The number of aryl methyl sites for hydroxylation is 1. The van der Waals surface area contributed by atoms with Crippen LogP contribution in [0.4, 0.5) is 24.5 Å². The van der Waals surface area contributed by atoms with E-state index in [9.17, 15) is 13.2 Å². The number of anilines is 2. The summed E-state index contributed by atoms with van der Waals surface area (Å²) in [4.78, 5) is 0. The molecule has 0 aliphatic carbocycles. The molecule has 2 nitrogen and oxygen atoms in total. The van der Waals surface area contributed by atoms with Crippen LogP contribution in [0.1, 0.15) is 11.1 Å². The van der Waals surface area contributed by atoms with Crippen LogP contribution in [0.5, 0.6) is 0 Å². The van der Waals surface area contributed by atoms with Crippen molar-refractivity contribution >= 4 is 11.4 Å². The van der Waals surface area contributed by atoms with Gasteiger partial charge in [-0.1, -0.05) is 6.07 Å². The number of hydrogen-bond donors (Lipinski definition) is 1. The summed E-state index contributed by atoms with van der Waals surface area (Å²) < 4.78 is 40.2. The molecule has 0 bridgehead atoms. The molecule has 2 rings (SSSR count). The van der Waals surface area contributed by atoms with Crippen molar-refractivity contribution in [2.45, 2.75) is 6.92 Å². The van der Waals surface area contributed by atoms with Gasteiger partial charge in [0.05, 0.1) is 11.3 Å². The van der Waals surface area contributed by atoms with Gasteiger partial charge in [0, 0.05) is 5.69 Å². The van der Waals surface area contributed by atoms with Crippen molar-refractivity contribution in [3.05, 3.63) is 58.9 Å². The van der Waals surface area contributed by atoms with Crippen LogP contribution in [0.3, 0.4) is 0 Å². The van der Waals surface area contributed by atoms with Crippen LogP contribution in [0, 0.1) is 35.7 Å². The van der Waals surface area contributed by atoms with E-state index < -0.39 is 17.5 Å². The maximum Gasteiger partial charge on any atom is 0.183 e. The van der Waals surface area contributed by atoms with E-state index in [1.165, 1.54) is 24.3 Å². The summed E-state index contributed by atoms with van der Waals surface area (Å²) in [5.41, 5.74) is 0.498. The molecular formula is C14H9F3N2. The molecular weight excluding hydrogens is 253 g/mol. The Kier molecular flexibility index (Phi) is 3.43. The molecule has 0 amide bonds. The molecule has 2 aromatic rings. The summed E-state index contributed by atoms with van der Waals surface area (Å²) in [5.74, 6) is -2.87. The minimum Gasteiger partial charge on any atom is -0.353 e. The molecule has 0 saturated heterocycles. The molecule has 2 aromatic carbocycles. The topological polar surface area (TPSA) is 35.8 Å². The zero-order valence-corrected chi connectivity index (χ0v) is 9.97. The molecule has 0 heterocycles. The Bertz CT molecular complexity index is 675. The molecule has 0 aromatic heterocycles. The first-order chi connectivity index (χ1) is 9.02. The number of benzene rings is 2. The number of nitrogens with zero attached hydrogens (tertiary/aromatic N) is 1. The zero-order valence-electron chi connectivity index (χ0n) is 9.97. The van der Waals surface area contributed by atoms with Gasteiger partial charge in [0.25, 0.3) is 0 Å². The average Bonchev–Trinajstić information content (AvgIpc) is 2.39. The molecule has 0 aliphatic heterocycles. The Labute approximate surface area is 108 Å². The van der Waals surface area contributed by atoms with E-state index in [0.717, 1.165) is 6.07 Å². The van der Waals surface area contributed by atoms with Crippen LogP contribution in [-0.2, 0) is 0 Å². The Morgan fingerprint density at radius 1 is 1.00 bits per heavy atom. The molecule has 1 N–H and O–H groups in total. The Morgan fingerprint density at radius 2 is 1.74 bits per heavy atom. The van der Waals surface area contributed by atoms with Gasteiger partial charge < -0.3 is 5.32 Å². The lowest BCUT2D eigenvalue weighted by molar-refractivity contribution is 0.509. The standard InChI is InChI=1S/C14H9F3N2/c1-8-2-4-10(15)6-12(8)19-11-5-3-9(7-18)13(16)14(11)17/h2-6,19H,1H3. The van der Waals surface area contributed by atoms with E-state index >= 15 is 0 Å². The minimum absolute atomic E-state index is 0.148. The highest BCUT2D eigenvalue weighted by Crippen LogP contribution is 2.26. The van der Waals surface area contributed by atoms with Crippen LogP contribution in [0.15, 0.2) is 30.3 Å². The van der Waals surface area contributed by atoms with Gasteiger partial charge in [0.15, 0.2) is 11.6 Å². The van der Waals surface area contributed by atoms with E-state index in [1.807, 2.05) is 0 Å². The van der Waals surface area contributed by atoms with Gasteiger partial charge in [0.2, 0.25) is 0 Å². The smallest absolute Gasteiger partial charge is 0.183 e. The van der Waals surface area contributed by atoms with E-state index in [2.05, 4.69) is 5.32 Å². The first kappa shape index (κ1) is 13.0. The van der Waals surface area contributed by atoms with Crippen molar-refractivity contribution in [3.63, 3.8) is 0 Å². The summed E-state index contributed by atoms with van der Waals surface area (Å²) in [6.45, 7) is 1.71. The van der Waals surface area contributed by atoms with Crippen molar-refractivity contribution < 1.29 is 13.2 Å². The summed E-state index contributed by atoms with van der Waals surface area (Å²) in [6, 6.07) is 7.93. The van der Waals surface area contributed by atoms with Gasteiger partial charge in [0.1, 0.15) is 11.9 Å². The molecule has 0 aliphatic rings. The lowest BCUT2D eigenvalue weighted by Gasteiger charge is -2.11. The molecule has 0 unspecified atom stereocenters. The fourth-order valence-corrected chi connectivity index (χ4v) is 1.61. The van der Waals surface area contributed by atoms with Crippen molar-refractivity contribution in [1.82, 2.24) is 0 Å². The number of hydrogen-bond acceptors (Lipinski definition) is 2. The first-order valence-corrected chi connectivity index (χ1v) is 5.44. The van der Waals surface area contributed by atoms with Gasteiger partial charge >= 0.3 is 0 Å². The maximum atomic E-state index is 13.7. The SMILES string of the molecule is Cc1ccc(F)cc1Nc1ccc(C#N)c(F)c1F. The van der Waals surface area contributed by atoms with Crippen LogP contribution >= 0.6 is 0 Å². The average molecular weight is 262 g/mol. The van der Waals surface area contributed by atoms with E-state index in [-0.39, 0.29) is 11.3 Å². The number of nitrogens with one attached hydrogen (secondary N) is 1. The third-order valence-corrected chi connectivity index (χ3v) is 2.67. The second-order valence-corrected chi connectivity index (χ2v) is 3.98. The van der Waals surface area contributed by atoms with Gasteiger partial charge in [-0.3, -0.25) is 0 Å². The number of nitriles is 1. The summed E-state index contributed by atoms with van der Waals surface area (Å²) in [7, 11) is 0. The third-order valence-electron chi connectivity index (χ3n) is 2.67. The Morgan fingerprint density at radius 3 is 2.42 bits per heavy atom. The Balaban J connectivity index is 2.42. The lowest BCUT2D eigenvalue weighted by Crippen LogP contribution is -2.00. The molecule has 0 radical (unpaired) electrons. The molecule has 19 heavy (non-hydrogen) atoms. The quantitative estimate of drug-likeness (QED) is 0.887. The van der Waals surface area contributed by atoms with Crippen molar-refractivity contribution in [3.8, 4) is 6.07 Å². The van der Waals surface area contributed by atoms with E-state index in [0.29, 0.717) is 11.3 Å². The predicted molar refractivity (Wildman–Crippen MR) is 65.5 cm³/mol. The third kappa shape index (κ3) is 2.52.